The summed E-state index contributed by atoms with van der Waals surface area (Å²) in [5, 5.41) is 2.87. The summed E-state index contributed by atoms with van der Waals surface area (Å²) in [5.41, 5.74) is 0.440. The highest BCUT2D eigenvalue weighted by molar-refractivity contribution is 6.31. The molecule has 1 N–H and O–H groups in total. The lowest BCUT2D eigenvalue weighted by molar-refractivity contribution is -0.108. The van der Waals surface area contributed by atoms with E-state index in [0.29, 0.717) is 23.1 Å². The predicted octanol–water partition coefficient (Wildman–Crippen LogP) is 2.02. The van der Waals surface area contributed by atoms with Crippen LogP contribution in [-0.4, -0.2) is 6.41 Å². The van der Waals surface area contributed by atoms with Gasteiger partial charge in [-0.15, -0.1) is 0 Å². The minimum absolute atomic E-state index is 0.354. The second-order valence-corrected chi connectivity index (χ2v) is 2.91. The molecule has 3 heteroatoms. The summed E-state index contributed by atoms with van der Waals surface area (Å²) >= 11 is 5.75. The molecule has 0 aliphatic carbocycles. The SMILES string of the molecule is C=C(NC=O)/C(Cl)=C\C(C)C. The number of allylic oxidation sites excluding steroid dienone is 2. The largest absolute Gasteiger partial charge is 0.328 e. The molecular formula is C8H12ClNO. The molecule has 0 aliphatic heterocycles. The van der Waals surface area contributed by atoms with Gasteiger partial charge >= 0.3 is 0 Å². The van der Waals surface area contributed by atoms with E-state index in [-0.39, 0.29) is 0 Å². The molecule has 0 aliphatic rings. The highest BCUT2D eigenvalue weighted by Crippen LogP contribution is 2.12. The molecule has 0 rings (SSSR count). The molecule has 1 amide bonds. The summed E-state index contributed by atoms with van der Waals surface area (Å²) in [4.78, 5) is 9.95. The average Bonchev–Trinajstić information content (AvgIpc) is 1.86. The van der Waals surface area contributed by atoms with Crippen molar-refractivity contribution in [2.24, 2.45) is 5.92 Å². The first-order valence-corrected chi connectivity index (χ1v) is 3.72. The van der Waals surface area contributed by atoms with E-state index in [2.05, 4.69) is 11.9 Å². The highest BCUT2D eigenvalue weighted by atomic mass is 35.5. The number of hydrogen-bond acceptors (Lipinski definition) is 1. The summed E-state index contributed by atoms with van der Waals surface area (Å²) in [7, 11) is 0. The fourth-order valence-corrected chi connectivity index (χ4v) is 0.840. The Morgan fingerprint density at radius 2 is 2.18 bits per heavy atom. The van der Waals surface area contributed by atoms with Gasteiger partial charge in [0.1, 0.15) is 0 Å². The van der Waals surface area contributed by atoms with Crippen molar-refractivity contribution in [1.82, 2.24) is 5.32 Å². The van der Waals surface area contributed by atoms with E-state index in [1.165, 1.54) is 0 Å². The van der Waals surface area contributed by atoms with Crippen LogP contribution >= 0.6 is 11.6 Å². The fourth-order valence-electron chi connectivity index (χ4n) is 0.533. The smallest absolute Gasteiger partial charge is 0.211 e. The number of amides is 1. The lowest BCUT2D eigenvalue weighted by Crippen LogP contribution is -2.09. The van der Waals surface area contributed by atoms with Gasteiger partial charge < -0.3 is 5.32 Å². The van der Waals surface area contributed by atoms with Gasteiger partial charge in [0.2, 0.25) is 6.41 Å². The third kappa shape index (κ3) is 4.62. The first kappa shape index (κ1) is 10.2. The summed E-state index contributed by atoms with van der Waals surface area (Å²) in [5.74, 6) is 0.354. The van der Waals surface area contributed by atoms with Gasteiger partial charge in [-0.2, -0.15) is 0 Å². The Kier molecular flexibility index (Phi) is 4.62. The van der Waals surface area contributed by atoms with E-state index >= 15 is 0 Å². The van der Waals surface area contributed by atoms with Gasteiger partial charge in [-0.25, -0.2) is 0 Å². The summed E-state index contributed by atoms with van der Waals surface area (Å²) in [6, 6.07) is 0. The maximum Gasteiger partial charge on any atom is 0.211 e. The van der Waals surface area contributed by atoms with Crippen molar-refractivity contribution in [3.8, 4) is 0 Å². The molecule has 2 nitrogen and oxygen atoms in total. The minimum Gasteiger partial charge on any atom is -0.328 e. The zero-order valence-electron chi connectivity index (χ0n) is 6.73. The molecule has 0 unspecified atom stereocenters. The molecule has 0 bridgehead atoms. The summed E-state index contributed by atoms with van der Waals surface area (Å²) in [6.45, 7) is 7.55. The zero-order valence-corrected chi connectivity index (χ0v) is 7.48. The van der Waals surface area contributed by atoms with Crippen molar-refractivity contribution in [2.45, 2.75) is 13.8 Å². The molecule has 11 heavy (non-hydrogen) atoms. The van der Waals surface area contributed by atoms with Crippen molar-refractivity contribution in [2.75, 3.05) is 0 Å². The lowest BCUT2D eigenvalue weighted by atomic mass is 10.2. The van der Waals surface area contributed by atoms with Crippen molar-refractivity contribution in [3.63, 3.8) is 0 Å². The molecule has 0 spiro atoms. The van der Waals surface area contributed by atoms with Crippen LogP contribution in [-0.2, 0) is 4.79 Å². The number of carbonyl (C=O) groups is 1. The first-order chi connectivity index (χ1) is 5.07. The van der Waals surface area contributed by atoms with Gasteiger partial charge in [0.25, 0.3) is 0 Å². The molecule has 62 valence electrons. The molecule has 0 saturated carbocycles. The standard InChI is InChI=1S/C8H12ClNO/c1-6(2)4-8(9)7(3)10-5-11/h4-6H,3H2,1-2H3,(H,10,11)/b8-4+. The number of hydrogen-bond donors (Lipinski definition) is 1. The third-order valence-electron chi connectivity index (χ3n) is 1.00. The van der Waals surface area contributed by atoms with Crippen LogP contribution in [0.1, 0.15) is 13.8 Å². The Morgan fingerprint density at radius 1 is 1.64 bits per heavy atom. The maximum atomic E-state index is 9.95. The quantitative estimate of drug-likeness (QED) is 0.512. The molecular weight excluding hydrogens is 162 g/mol. The van der Waals surface area contributed by atoms with Crippen LogP contribution in [0.15, 0.2) is 23.4 Å². The monoisotopic (exact) mass is 173 g/mol. The molecule has 0 aromatic heterocycles. The Balaban J connectivity index is 4.11. The van der Waals surface area contributed by atoms with Crippen LogP contribution < -0.4 is 5.32 Å². The van der Waals surface area contributed by atoms with Gasteiger partial charge in [-0.1, -0.05) is 38.1 Å². The maximum absolute atomic E-state index is 9.95. The van der Waals surface area contributed by atoms with Crippen LogP contribution in [0.3, 0.4) is 0 Å². The Morgan fingerprint density at radius 3 is 2.55 bits per heavy atom. The summed E-state index contributed by atoms with van der Waals surface area (Å²) in [6.07, 6.45) is 2.37. The Bertz CT molecular complexity index is 185. The van der Waals surface area contributed by atoms with Crippen LogP contribution in [0.5, 0.6) is 0 Å². The van der Waals surface area contributed by atoms with E-state index < -0.39 is 0 Å². The average molecular weight is 174 g/mol. The fraction of sp³-hybridized carbons (Fsp3) is 0.375. The van der Waals surface area contributed by atoms with Crippen molar-refractivity contribution < 1.29 is 4.79 Å². The molecule has 0 aromatic rings. The topological polar surface area (TPSA) is 29.1 Å². The zero-order chi connectivity index (χ0) is 8.85. The second-order valence-electron chi connectivity index (χ2n) is 2.50. The molecule has 0 saturated heterocycles. The van der Waals surface area contributed by atoms with Crippen molar-refractivity contribution in [3.05, 3.63) is 23.4 Å². The number of rotatable bonds is 4. The first-order valence-electron chi connectivity index (χ1n) is 3.34. The highest BCUT2D eigenvalue weighted by Gasteiger charge is 1.97. The molecule has 0 fully saturated rings. The normalized spacial score (nSPS) is 11.5. The van der Waals surface area contributed by atoms with E-state index in [4.69, 9.17) is 11.6 Å². The van der Waals surface area contributed by atoms with Crippen LogP contribution in [0.2, 0.25) is 0 Å². The molecule has 0 aromatic carbocycles. The number of carbonyl (C=O) groups excluding carboxylic acids is 1. The summed E-state index contributed by atoms with van der Waals surface area (Å²) < 4.78 is 0. The molecule has 0 atom stereocenters. The van der Waals surface area contributed by atoms with Gasteiger partial charge in [0.15, 0.2) is 0 Å². The van der Waals surface area contributed by atoms with E-state index in [1.54, 1.807) is 0 Å². The Labute approximate surface area is 71.9 Å². The van der Waals surface area contributed by atoms with Gasteiger partial charge in [-0.05, 0) is 5.92 Å². The predicted molar refractivity (Wildman–Crippen MR) is 47.1 cm³/mol. The van der Waals surface area contributed by atoms with Crippen molar-refractivity contribution in [1.29, 1.82) is 0 Å². The van der Waals surface area contributed by atoms with E-state index in [1.807, 2.05) is 19.9 Å². The van der Waals surface area contributed by atoms with Crippen molar-refractivity contribution >= 4 is 18.0 Å². The Hall–Kier alpha value is -0.760. The minimum atomic E-state index is 0.354. The van der Waals surface area contributed by atoms with Gasteiger partial charge in [-0.3, -0.25) is 4.79 Å². The lowest BCUT2D eigenvalue weighted by Gasteiger charge is -2.02. The second kappa shape index (κ2) is 4.97. The van der Waals surface area contributed by atoms with E-state index in [9.17, 15) is 4.79 Å². The molecule has 0 heterocycles. The van der Waals surface area contributed by atoms with Crippen LogP contribution in [0.25, 0.3) is 0 Å². The third-order valence-corrected chi connectivity index (χ3v) is 1.36. The number of nitrogens with one attached hydrogen (secondary N) is 1. The number of halogens is 1. The van der Waals surface area contributed by atoms with Gasteiger partial charge in [0, 0.05) is 0 Å². The van der Waals surface area contributed by atoms with E-state index in [0.717, 1.165) is 0 Å². The van der Waals surface area contributed by atoms with Crippen LogP contribution in [0, 0.1) is 5.92 Å². The van der Waals surface area contributed by atoms with Crippen LogP contribution in [0.4, 0.5) is 0 Å². The molecule has 0 radical (unpaired) electrons. The van der Waals surface area contributed by atoms with Gasteiger partial charge in [0.05, 0.1) is 10.7 Å².